The first-order valence-electron chi connectivity index (χ1n) is 28.3. The number of imide groups is 1. The molecule has 0 spiro atoms. The van der Waals surface area contributed by atoms with Crippen LogP contribution in [0.15, 0.2) is 97.2 Å². The Morgan fingerprint density at radius 1 is 0.831 bits per heavy atom. The molecule has 434 valence electrons. The number of carbonyl (C=O) groups excluding carboxylic acids is 5. The summed E-state index contributed by atoms with van der Waals surface area (Å²) >= 11 is 1.42. The zero-order valence-corrected chi connectivity index (χ0v) is 48.1. The van der Waals surface area contributed by atoms with Gasteiger partial charge >= 0.3 is 12.1 Å². The van der Waals surface area contributed by atoms with Crippen LogP contribution in [0.25, 0.3) is 21.3 Å². The van der Waals surface area contributed by atoms with Crippen molar-refractivity contribution < 1.29 is 52.8 Å². The molecule has 2 unspecified atom stereocenters. The number of nitrogens with one attached hydrogen (secondary N) is 2. The van der Waals surface area contributed by atoms with Gasteiger partial charge in [-0.25, -0.2) is 19.6 Å². The van der Waals surface area contributed by atoms with Gasteiger partial charge in [0.1, 0.15) is 24.8 Å². The Hall–Kier alpha value is -8.01. The monoisotopic (exact) mass is 1150 g/mol. The Kier molecular flexibility index (Phi) is 16.0. The molecule has 12 rings (SSSR count). The Labute approximate surface area is 485 Å². The molecule has 0 radical (unpaired) electrons. The number of carboxylic acid groups (broad SMARTS) is 1. The molecule has 21 heteroatoms. The van der Waals surface area contributed by atoms with E-state index in [4.69, 9.17) is 29.0 Å². The normalized spacial score (nSPS) is 22.3. The number of benzene rings is 3. The Morgan fingerprint density at radius 2 is 1.60 bits per heavy atom. The standard InChI is InChI=1S/C62H69N9O11S/c1-40-46(44-16-17-50(66-54(44)56(76)77)69-23-20-42-8-7-9-45(47(42)31-69)55(75)67-57-65-48-10-5-6-11-49(48)83-57)30-64-71(40)39-61-34-59(2)33-60(3,35-61)37-62(36-59,38-61)82-27-25-68(4)58(78)81-32-41-12-14-43(15-13-41)80-29-28-79-26-22-63-51(72)21-24-70-52(73)18-19-53(70)74/h5-19,30H,20-29,31-39H2,1-4H3,(H,63,72)(H,76,77)(H,65,67,75). The Morgan fingerprint density at radius 3 is 2.36 bits per heavy atom. The second-order valence-electron chi connectivity index (χ2n) is 23.8. The van der Waals surface area contributed by atoms with Gasteiger partial charge in [0.05, 0.1) is 41.8 Å². The van der Waals surface area contributed by atoms with Crippen LogP contribution in [0.2, 0.25) is 0 Å². The molecule has 6 aromatic rings. The summed E-state index contributed by atoms with van der Waals surface area (Å²) in [5, 5.41) is 21.9. The molecule has 3 aromatic carbocycles. The molecule has 2 aliphatic heterocycles. The number of para-hydroxylation sites is 1. The molecule has 4 aliphatic carbocycles. The van der Waals surface area contributed by atoms with Crippen LogP contribution in [-0.2, 0) is 54.7 Å². The van der Waals surface area contributed by atoms with Gasteiger partial charge in [-0.15, -0.1) is 0 Å². The fraction of sp³-hybridized carbons (Fsp3) is 0.435. The lowest BCUT2D eigenvalue weighted by atomic mass is 9.39. The number of thiazole rings is 1. The highest BCUT2D eigenvalue weighted by molar-refractivity contribution is 7.22. The van der Waals surface area contributed by atoms with Gasteiger partial charge in [0, 0.05) is 87.3 Å². The number of ether oxygens (including phenoxy) is 4. The minimum atomic E-state index is -1.13. The molecular formula is C62H69N9O11S. The predicted molar refractivity (Wildman–Crippen MR) is 310 cm³/mol. The molecular weight excluding hydrogens is 1080 g/mol. The van der Waals surface area contributed by atoms with E-state index in [2.05, 4.69) is 34.1 Å². The average Bonchev–Trinajstić information content (AvgIpc) is 4.34. The largest absolute Gasteiger partial charge is 0.491 e. The molecule has 0 saturated heterocycles. The summed E-state index contributed by atoms with van der Waals surface area (Å²) in [5.41, 5.74) is 5.78. The summed E-state index contributed by atoms with van der Waals surface area (Å²) in [6.07, 6.45) is 10.3. The summed E-state index contributed by atoms with van der Waals surface area (Å²) in [5.74, 6) is -1.35. The summed E-state index contributed by atoms with van der Waals surface area (Å²) in [6.45, 7) is 10.4. The van der Waals surface area contributed by atoms with Crippen LogP contribution in [0.4, 0.5) is 15.7 Å². The van der Waals surface area contributed by atoms with Crippen LogP contribution >= 0.6 is 11.3 Å². The molecule has 5 amide bonds. The van der Waals surface area contributed by atoms with Crippen LogP contribution in [0.3, 0.4) is 0 Å². The second-order valence-corrected chi connectivity index (χ2v) is 24.8. The van der Waals surface area contributed by atoms with Gasteiger partial charge < -0.3 is 39.2 Å². The number of hydrogen-bond donors (Lipinski definition) is 3. The van der Waals surface area contributed by atoms with E-state index in [1.54, 1.807) is 30.3 Å². The number of aromatic carboxylic acids is 1. The van der Waals surface area contributed by atoms with Crippen molar-refractivity contribution in [3.63, 3.8) is 0 Å². The summed E-state index contributed by atoms with van der Waals surface area (Å²) in [7, 11) is 1.72. The number of carbonyl (C=O) groups is 6. The topological polar surface area (TPSA) is 237 Å². The van der Waals surface area contributed by atoms with Crippen molar-refractivity contribution >= 4 is 68.2 Å². The fourth-order valence-electron chi connectivity index (χ4n) is 14.4. The molecule has 83 heavy (non-hydrogen) atoms. The van der Waals surface area contributed by atoms with Crippen molar-refractivity contribution in [2.75, 3.05) is 69.9 Å². The third-order valence-corrected chi connectivity index (χ3v) is 17.9. The minimum Gasteiger partial charge on any atom is -0.491 e. The quantitative estimate of drug-likeness (QED) is 0.0402. The van der Waals surface area contributed by atoms with Crippen LogP contribution in [0, 0.1) is 23.2 Å². The SMILES string of the molecule is Cc1c(-c2ccc(N3CCc4cccc(C(=O)Nc5nc6ccccc6s5)c4C3)nc2C(=O)O)cnn1CC12CC3(C)CC(C)(C1)CC(OCCN(C)C(=O)OCc1ccc(OCCOCCNC(=O)CCN4C(=O)C=CC4=O)cc1)(C3)C2. The number of carboxylic acids is 1. The van der Waals surface area contributed by atoms with Gasteiger partial charge in [-0.2, -0.15) is 5.10 Å². The highest BCUT2D eigenvalue weighted by atomic mass is 32.1. The number of rotatable bonds is 23. The third-order valence-electron chi connectivity index (χ3n) is 16.9. The van der Waals surface area contributed by atoms with Gasteiger partial charge in [0.2, 0.25) is 5.91 Å². The number of anilines is 2. The molecule has 3 aromatic heterocycles. The lowest BCUT2D eigenvalue weighted by Crippen LogP contribution is -2.64. The minimum absolute atomic E-state index is 0.0166. The first-order valence-corrected chi connectivity index (χ1v) is 29.1. The summed E-state index contributed by atoms with van der Waals surface area (Å²) in [4.78, 5) is 89.4. The smallest absolute Gasteiger partial charge is 0.409 e. The number of amides is 5. The predicted octanol–water partition coefficient (Wildman–Crippen LogP) is 8.61. The first-order chi connectivity index (χ1) is 39.9. The highest BCUT2D eigenvalue weighted by Crippen LogP contribution is 2.72. The van der Waals surface area contributed by atoms with Gasteiger partial charge in [0.25, 0.3) is 17.7 Å². The number of nitrogens with zero attached hydrogens (tertiary/aromatic N) is 7. The summed E-state index contributed by atoms with van der Waals surface area (Å²) < 4.78 is 27.0. The maximum atomic E-state index is 13.7. The van der Waals surface area contributed by atoms with E-state index in [1.165, 1.54) is 23.5 Å². The number of pyridine rings is 1. The van der Waals surface area contributed by atoms with E-state index < -0.39 is 23.9 Å². The van der Waals surface area contributed by atoms with Crippen LogP contribution < -0.4 is 20.3 Å². The van der Waals surface area contributed by atoms with Gasteiger partial charge in [0.15, 0.2) is 10.8 Å². The lowest BCUT2D eigenvalue weighted by molar-refractivity contribution is -0.248. The zero-order valence-electron chi connectivity index (χ0n) is 47.2. The van der Waals surface area contributed by atoms with Crippen molar-refractivity contribution in [2.24, 2.45) is 16.2 Å². The van der Waals surface area contributed by atoms with Crippen molar-refractivity contribution in [3.05, 3.63) is 131 Å². The van der Waals surface area contributed by atoms with Crippen molar-refractivity contribution in [1.29, 1.82) is 0 Å². The van der Waals surface area contributed by atoms with Crippen LogP contribution in [0.1, 0.15) is 102 Å². The zero-order chi connectivity index (χ0) is 58.1. The first kappa shape index (κ1) is 56.8. The highest BCUT2D eigenvalue weighted by Gasteiger charge is 2.66. The average molecular weight is 1150 g/mol. The molecule has 4 saturated carbocycles. The van der Waals surface area contributed by atoms with E-state index in [-0.39, 0.29) is 78.7 Å². The lowest BCUT2D eigenvalue weighted by Gasteiger charge is -2.69. The molecule has 4 bridgehead atoms. The van der Waals surface area contributed by atoms with E-state index in [1.807, 2.05) is 78.6 Å². The van der Waals surface area contributed by atoms with E-state index in [0.717, 1.165) is 81.6 Å². The third kappa shape index (κ3) is 12.5. The maximum absolute atomic E-state index is 13.7. The van der Waals surface area contributed by atoms with Gasteiger partial charge in [-0.1, -0.05) is 61.6 Å². The molecule has 6 aliphatic rings. The van der Waals surface area contributed by atoms with Gasteiger partial charge in [-0.3, -0.25) is 34.1 Å². The summed E-state index contributed by atoms with van der Waals surface area (Å²) in [6, 6.07) is 24.5. The molecule has 2 atom stereocenters. The van der Waals surface area contributed by atoms with E-state index in [9.17, 15) is 33.9 Å². The Bertz CT molecular complexity index is 3450. The molecule has 3 N–H and O–H groups in total. The number of hydrogen-bond acceptors (Lipinski definition) is 15. The maximum Gasteiger partial charge on any atom is 0.409 e. The van der Waals surface area contributed by atoms with Crippen molar-refractivity contribution in [1.82, 2.24) is 34.9 Å². The number of fused-ring (bicyclic) bond motifs is 2. The van der Waals surface area contributed by atoms with Crippen LogP contribution in [0.5, 0.6) is 5.75 Å². The Balaban J connectivity index is 0.656. The molecule has 5 heterocycles. The van der Waals surface area contributed by atoms with Gasteiger partial charge in [-0.05, 0) is 127 Å². The number of likely N-dealkylation sites (N-methyl/N-ethyl adjacent to an activating group) is 1. The van der Waals surface area contributed by atoms with E-state index in [0.29, 0.717) is 73.6 Å². The van der Waals surface area contributed by atoms with Crippen LogP contribution in [-0.4, -0.2) is 136 Å². The van der Waals surface area contributed by atoms with Crippen molar-refractivity contribution in [2.45, 2.75) is 97.4 Å². The molecule has 20 nitrogen and oxygen atoms in total. The second kappa shape index (κ2) is 23.3. The van der Waals surface area contributed by atoms with Crippen molar-refractivity contribution in [3.8, 4) is 16.9 Å². The molecule has 4 fully saturated rings. The number of aromatic nitrogens is 4. The van der Waals surface area contributed by atoms with E-state index >= 15 is 0 Å². The fourth-order valence-corrected chi connectivity index (χ4v) is 15.2.